The van der Waals surface area contributed by atoms with Crippen molar-refractivity contribution in [2.45, 2.75) is 31.3 Å². The fourth-order valence-corrected chi connectivity index (χ4v) is 4.11. The molecular weight excluding hydrogens is 354 g/mol. The topological polar surface area (TPSA) is 62.7 Å². The number of carbonyl (C=O) groups excluding carboxylic acids is 2. The zero-order chi connectivity index (χ0) is 19.4. The van der Waals surface area contributed by atoms with Crippen molar-refractivity contribution in [3.63, 3.8) is 0 Å². The van der Waals surface area contributed by atoms with Crippen molar-refractivity contribution in [2.75, 3.05) is 26.3 Å². The smallest absolute Gasteiger partial charge is 0.227 e. The molecule has 3 heterocycles. The maximum atomic E-state index is 13.0. The van der Waals surface area contributed by atoms with Crippen molar-refractivity contribution in [3.05, 3.63) is 66.0 Å². The van der Waals surface area contributed by atoms with E-state index in [4.69, 9.17) is 4.74 Å². The molecule has 6 nitrogen and oxygen atoms in total. The summed E-state index contributed by atoms with van der Waals surface area (Å²) in [5.74, 6) is 0.125. The van der Waals surface area contributed by atoms with Crippen molar-refractivity contribution in [1.82, 2.24) is 14.8 Å². The lowest BCUT2D eigenvalue weighted by Gasteiger charge is -2.40. The first-order valence-corrected chi connectivity index (χ1v) is 9.75. The average Bonchev–Trinajstić information content (AvgIpc) is 3.15. The molecule has 1 unspecified atom stereocenters. The second-order valence-electron chi connectivity index (χ2n) is 7.60. The molecular formula is C22H25N3O3. The standard InChI is InChI=1S/C22H25N3O3/c26-20-8-11-24(21(27)13-19-7-4-10-23-14-19)16-22(9-12-28-17-22)25(20)15-18-5-2-1-3-6-18/h1-7,10,14H,8-9,11-13,15-17H2. The Hall–Kier alpha value is -2.73. The van der Waals surface area contributed by atoms with Gasteiger partial charge in [-0.15, -0.1) is 0 Å². The summed E-state index contributed by atoms with van der Waals surface area (Å²) in [6.07, 6.45) is 4.81. The molecule has 28 heavy (non-hydrogen) atoms. The van der Waals surface area contributed by atoms with Gasteiger partial charge in [0.2, 0.25) is 11.8 Å². The van der Waals surface area contributed by atoms with Crippen LogP contribution in [0.5, 0.6) is 0 Å². The molecule has 0 saturated carbocycles. The Balaban J connectivity index is 1.55. The van der Waals surface area contributed by atoms with Crippen LogP contribution in [0, 0.1) is 0 Å². The van der Waals surface area contributed by atoms with Crippen molar-refractivity contribution >= 4 is 11.8 Å². The van der Waals surface area contributed by atoms with Crippen molar-refractivity contribution in [1.29, 1.82) is 0 Å². The molecule has 2 aliphatic heterocycles. The maximum Gasteiger partial charge on any atom is 0.227 e. The number of hydrogen-bond acceptors (Lipinski definition) is 4. The molecule has 0 N–H and O–H groups in total. The molecule has 2 aliphatic rings. The summed E-state index contributed by atoms with van der Waals surface area (Å²) in [6, 6.07) is 13.8. The molecule has 4 rings (SSSR count). The highest BCUT2D eigenvalue weighted by molar-refractivity contribution is 5.82. The van der Waals surface area contributed by atoms with Crippen molar-refractivity contribution in [2.24, 2.45) is 0 Å². The van der Waals surface area contributed by atoms with E-state index in [1.165, 1.54) is 0 Å². The van der Waals surface area contributed by atoms with Crippen LogP contribution in [-0.2, 0) is 27.3 Å². The maximum absolute atomic E-state index is 13.0. The van der Waals surface area contributed by atoms with Crippen LogP contribution >= 0.6 is 0 Å². The third kappa shape index (κ3) is 3.92. The Morgan fingerprint density at radius 1 is 1.14 bits per heavy atom. The van der Waals surface area contributed by atoms with Gasteiger partial charge in [-0.1, -0.05) is 36.4 Å². The molecule has 1 atom stereocenters. The summed E-state index contributed by atoms with van der Waals surface area (Å²) in [4.78, 5) is 33.9. The fraction of sp³-hybridized carbons (Fsp3) is 0.409. The van der Waals surface area contributed by atoms with E-state index in [0.29, 0.717) is 45.7 Å². The van der Waals surface area contributed by atoms with E-state index in [1.807, 2.05) is 52.3 Å². The molecule has 0 bridgehead atoms. The zero-order valence-corrected chi connectivity index (χ0v) is 15.9. The lowest BCUT2D eigenvalue weighted by molar-refractivity contribution is -0.138. The third-order valence-corrected chi connectivity index (χ3v) is 5.65. The van der Waals surface area contributed by atoms with Gasteiger partial charge in [0, 0.05) is 45.1 Å². The van der Waals surface area contributed by atoms with E-state index in [-0.39, 0.29) is 11.8 Å². The van der Waals surface area contributed by atoms with E-state index < -0.39 is 5.54 Å². The highest BCUT2D eigenvalue weighted by Gasteiger charge is 2.46. The van der Waals surface area contributed by atoms with Crippen LogP contribution < -0.4 is 0 Å². The van der Waals surface area contributed by atoms with Crippen LogP contribution in [0.25, 0.3) is 0 Å². The minimum atomic E-state index is -0.450. The van der Waals surface area contributed by atoms with Crippen LogP contribution in [0.2, 0.25) is 0 Å². The van der Waals surface area contributed by atoms with Gasteiger partial charge >= 0.3 is 0 Å². The lowest BCUT2D eigenvalue weighted by Crippen LogP contribution is -2.56. The molecule has 2 aromatic rings. The average molecular weight is 379 g/mol. The summed E-state index contributed by atoms with van der Waals surface area (Å²) in [5, 5.41) is 0. The number of hydrogen-bond donors (Lipinski definition) is 0. The molecule has 1 aromatic carbocycles. The van der Waals surface area contributed by atoms with Crippen LogP contribution in [0.3, 0.4) is 0 Å². The highest BCUT2D eigenvalue weighted by atomic mass is 16.5. The Morgan fingerprint density at radius 3 is 2.68 bits per heavy atom. The quantitative estimate of drug-likeness (QED) is 0.816. The van der Waals surface area contributed by atoms with E-state index in [1.54, 1.807) is 12.4 Å². The summed E-state index contributed by atoms with van der Waals surface area (Å²) >= 11 is 0. The first-order chi connectivity index (χ1) is 13.7. The fourth-order valence-electron chi connectivity index (χ4n) is 4.11. The highest BCUT2D eigenvalue weighted by Crippen LogP contribution is 2.32. The van der Waals surface area contributed by atoms with E-state index in [0.717, 1.165) is 17.5 Å². The van der Waals surface area contributed by atoms with Crippen LogP contribution in [0.15, 0.2) is 54.9 Å². The Kier molecular flexibility index (Phi) is 5.39. The second-order valence-corrected chi connectivity index (χ2v) is 7.60. The van der Waals surface area contributed by atoms with Gasteiger partial charge in [0.25, 0.3) is 0 Å². The number of amides is 2. The number of aromatic nitrogens is 1. The molecule has 1 aromatic heterocycles. The van der Waals surface area contributed by atoms with Gasteiger partial charge < -0.3 is 14.5 Å². The van der Waals surface area contributed by atoms with E-state index in [9.17, 15) is 9.59 Å². The Morgan fingerprint density at radius 2 is 1.96 bits per heavy atom. The summed E-state index contributed by atoms with van der Waals surface area (Å²) in [5.41, 5.74) is 1.53. The van der Waals surface area contributed by atoms with Crippen molar-refractivity contribution < 1.29 is 14.3 Å². The van der Waals surface area contributed by atoms with Gasteiger partial charge in [-0.2, -0.15) is 0 Å². The lowest BCUT2D eigenvalue weighted by atomic mass is 9.94. The molecule has 2 fully saturated rings. The predicted molar refractivity (Wildman–Crippen MR) is 104 cm³/mol. The number of carbonyl (C=O) groups is 2. The molecule has 146 valence electrons. The minimum Gasteiger partial charge on any atom is -0.379 e. The summed E-state index contributed by atoms with van der Waals surface area (Å²) in [6.45, 7) is 2.61. The summed E-state index contributed by atoms with van der Waals surface area (Å²) < 4.78 is 5.71. The van der Waals surface area contributed by atoms with Gasteiger partial charge in [0.05, 0.1) is 18.6 Å². The molecule has 0 radical (unpaired) electrons. The largest absolute Gasteiger partial charge is 0.379 e. The summed E-state index contributed by atoms with van der Waals surface area (Å²) in [7, 11) is 0. The monoisotopic (exact) mass is 379 g/mol. The zero-order valence-electron chi connectivity index (χ0n) is 15.9. The first-order valence-electron chi connectivity index (χ1n) is 9.75. The Bertz CT molecular complexity index is 819. The van der Waals surface area contributed by atoms with Crippen LogP contribution in [0.4, 0.5) is 0 Å². The second kappa shape index (κ2) is 8.10. The minimum absolute atomic E-state index is 0.0358. The SMILES string of the molecule is O=C(Cc1cccnc1)N1CCC(=O)N(Cc2ccccc2)C2(CCOC2)C1. The van der Waals surface area contributed by atoms with E-state index >= 15 is 0 Å². The molecule has 0 aliphatic carbocycles. The van der Waals surface area contributed by atoms with Gasteiger partial charge in [-0.05, 0) is 23.6 Å². The third-order valence-electron chi connectivity index (χ3n) is 5.65. The van der Waals surface area contributed by atoms with Gasteiger partial charge in [0.1, 0.15) is 0 Å². The van der Waals surface area contributed by atoms with Crippen LogP contribution in [0.1, 0.15) is 24.0 Å². The van der Waals surface area contributed by atoms with Gasteiger partial charge in [-0.3, -0.25) is 14.6 Å². The van der Waals surface area contributed by atoms with E-state index in [2.05, 4.69) is 4.98 Å². The van der Waals surface area contributed by atoms with Gasteiger partial charge in [-0.25, -0.2) is 0 Å². The normalized spacial score (nSPS) is 22.5. The molecule has 2 saturated heterocycles. The van der Waals surface area contributed by atoms with Gasteiger partial charge in [0.15, 0.2) is 0 Å². The predicted octanol–water partition coefficient (Wildman–Crippen LogP) is 2.04. The first kappa shape index (κ1) is 18.6. The Labute approximate surface area is 165 Å². The number of ether oxygens (including phenoxy) is 1. The number of nitrogens with zero attached hydrogens (tertiary/aromatic N) is 3. The number of benzene rings is 1. The number of pyridine rings is 1. The van der Waals surface area contributed by atoms with Crippen LogP contribution in [-0.4, -0.2) is 58.4 Å². The number of rotatable bonds is 4. The molecule has 2 amide bonds. The molecule has 1 spiro atoms. The molecule has 6 heteroatoms. The van der Waals surface area contributed by atoms with Crippen molar-refractivity contribution in [3.8, 4) is 0 Å².